The van der Waals surface area contributed by atoms with Crippen LogP contribution < -0.4 is 5.32 Å². The maximum Gasteiger partial charge on any atom is 0.341 e. The van der Waals surface area contributed by atoms with E-state index in [0.717, 1.165) is 24.2 Å². The van der Waals surface area contributed by atoms with E-state index in [0.29, 0.717) is 17.2 Å². The van der Waals surface area contributed by atoms with Gasteiger partial charge in [-0.2, -0.15) is 0 Å². The van der Waals surface area contributed by atoms with Gasteiger partial charge in [0.25, 0.3) is 0 Å². The predicted octanol–water partition coefficient (Wildman–Crippen LogP) is 2.61. The summed E-state index contributed by atoms with van der Waals surface area (Å²) in [5.41, 5.74) is 2.25. The molecule has 1 heterocycles. The van der Waals surface area contributed by atoms with Crippen molar-refractivity contribution in [2.75, 3.05) is 13.2 Å². The minimum absolute atomic E-state index is 0.286. The van der Waals surface area contributed by atoms with Gasteiger partial charge >= 0.3 is 5.97 Å². The van der Waals surface area contributed by atoms with Gasteiger partial charge in [0.1, 0.15) is 6.61 Å². The third-order valence-electron chi connectivity index (χ3n) is 2.56. The van der Waals surface area contributed by atoms with Crippen molar-refractivity contribution in [3.8, 4) is 0 Å². The van der Waals surface area contributed by atoms with Crippen LogP contribution >= 0.6 is 11.6 Å². The average molecular weight is 252 g/mol. The maximum absolute atomic E-state index is 11.7. The Bertz CT molecular complexity index is 468. The Morgan fingerprint density at radius 1 is 1.47 bits per heavy atom. The van der Waals surface area contributed by atoms with Crippen molar-refractivity contribution in [1.29, 1.82) is 0 Å². The smallest absolute Gasteiger partial charge is 0.341 e. The number of benzene rings is 1. The van der Waals surface area contributed by atoms with Crippen LogP contribution in [0.2, 0.25) is 5.02 Å². The molecule has 0 atom stereocenters. The lowest BCUT2D eigenvalue weighted by Crippen LogP contribution is -2.16. The van der Waals surface area contributed by atoms with Gasteiger partial charge in [-0.15, -0.1) is 0 Å². The summed E-state index contributed by atoms with van der Waals surface area (Å²) in [5.74, 6) is -0.286. The van der Waals surface area contributed by atoms with Crippen LogP contribution in [0.3, 0.4) is 0 Å². The quantitative estimate of drug-likeness (QED) is 0.836. The highest BCUT2D eigenvalue weighted by Gasteiger charge is 2.26. The summed E-state index contributed by atoms with van der Waals surface area (Å²) in [6.45, 7) is 3.22. The summed E-state index contributed by atoms with van der Waals surface area (Å²) in [6.07, 6.45) is 1.00. The van der Waals surface area contributed by atoms with Crippen LogP contribution in [-0.4, -0.2) is 19.1 Å². The van der Waals surface area contributed by atoms with E-state index >= 15 is 0 Å². The molecule has 0 fully saturated rings. The second kappa shape index (κ2) is 5.23. The van der Waals surface area contributed by atoms with Crippen molar-refractivity contribution >= 4 is 23.1 Å². The molecule has 90 valence electrons. The molecule has 2 rings (SSSR count). The molecule has 3 nitrogen and oxygen atoms in total. The number of esters is 1. The van der Waals surface area contributed by atoms with E-state index in [-0.39, 0.29) is 5.97 Å². The van der Waals surface area contributed by atoms with Gasteiger partial charge in [-0.1, -0.05) is 30.7 Å². The van der Waals surface area contributed by atoms with E-state index in [9.17, 15) is 4.79 Å². The Labute approximate surface area is 105 Å². The minimum atomic E-state index is -0.286. The second-order valence-corrected chi connectivity index (χ2v) is 4.30. The highest BCUT2D eigenvalue weighted by molar-refractivity contribution is 6.31. The highest BCUT2D eigenvalue weighted by Crippen LogP contribution is 2.26. The molecule has 0 bridgehead atoms. The molecule has 4 heteroatoms. The zero-order chi connectivity index (χ0) is 12.3. The fourth-order valence-electron chi connectivity index (χ4n) is 1.76. The first kappa shape index (κ1) is 12.0. The molecule has 0 saturated carbocycles. The summed E-state index contributed by atoms with van der Waals surface area (Å²) in [4.78, 5) is 11.7. The van der Waals surface area contributed by atoms with Gasteiger partial charge in [-0.05, 0) is 24.1 Å². The van der Waals surface area contributed by atoms with Crippen molar-refractivity contribution in [1.82, 2.24) is 5.32 Å². The molecular formula is C13H14ClNO2. The maximum atomic E-state index is 11.7. The Morgan fingerprint density at radius 3 is 3.00 bits per heavy atom. The zero-order valence-electron chi connectivity index (χ0n) is 9.63. The van der Waals surface area contributed by atoms with Crippen LogP contribution in [0.1, 0.15) is 18.9 Å². The molecule has 1 aromatic carbocycles. The van der Waals surface area contributed by atoms with E-state index in [2.05, 4.69) is 12.2 Å². The Morgan fingerprint density at radius 2 is 2.29 bits per heavy atom. The van der Waals surface area contributed by atoms with Crippen LogP contribution in [-0.2, 0) is 9.53 Å². The van der Waals surface area contributed by atoms with Gasteiger partial charge in [-0.3, -0.25) is 0 Å². The molecule has 0 amide bonds. The first-order chi connectivity index (χ1) is 8.22. The van der Waals surface area contributed by atoms with Crippen LogP contribution in [0.15, 0.2) is 30.0 Å². The zero-order valence-corrected chi connectivity index (χ0v) is 10.4. The lowest BCUT2D eigenvalue weighted by Gasteiger charge is -2.06. The van der Waals surface area contributed by atoms with Crippen molar-refractivity contribution in [3.05, 3.63) is 40.5 Å². The topological polar surface area (TPSA) is 38.3 Å². The number of nitrogens with one attached hydrogen (secondary N) is 1. The van der Waals surface area contributed by atoms with Crippen LogP contribution in [0, 0.1) is 0 Å². The van der Waals surface area contributed by atoms with Gasteiger partial charge in [0.05, 0.1) is 11.3 Å². The van der Waals surface area contributed by atoms with Crippen molar-refractivity contribution in [3.63, 3.8) is 0 Å². The summed E-state index contributed by atoms with van der Waals surface area (Å²) in [5, 5.41) is 3.84. The van der Waals surface area contributed by atoms with Crippen molar-refractivity contribution in [2.24, 2.45) is 0 Å². The third-order valence-corrected chi connectivity index (χ3v) is 2.79. The fraction of sp³-hybridized carbons (Fsp3) is 0.308. The molecule has 1 N–H and O–H groups in total. The molecule has 1 aromatic rings. The Balaban J connectivity index is 2.35. The van der Waals surface area contributed by atoms with E-state index in [1.165, 1.54) is 0 Å². The molecule has 0 saturated heterocycles. The summed E-state index contributed by atoms with van der Waals surface area (Å²) in [6, 6.07) is 7.25. The Hall–Kier alpha value is -1.48. The molecule has 0 aliphatic carbocycles. The number of halogens is 1. The molecule has 17 heavy (non-hydrogen) atoms. The normalized spacial score (nSPS) is 15.1. The standard InChI is InChI=1S/C13H14ClNO2/c1-2-6-15-11-8-17-13(16)12(11)9-4-3-5-10(14)7-9/h3-5,7,15H,2,6,8H2,1H3. The molecule has 0 unspecified atom stereocenters. The number of hydrogen-bond donors (Lipinski definition) is 1. The van der Waals surface area contributed by atoms with E-state index in [4.69, 9.17) is 16.3 Å². The molecular weight excluding hydrogens is 238 g/mol. The van der Waals surface area contributed by atoms with Gasteiger partial charge in [0.15, 0.2) is 0 Å². The second-order valence-electron chi connectivity index (χ2n) is 3.87. The average Bonchev–Trinajstić information content (AvgIpc) is 2.68. The number of cyclic esters (lactones) is 1. The lowest BCUT2D eigenvalue weighted by atomic mass is 10.1. The Kier molecular flexibility index (Phi) is 3.69. The summed E-state index contributed by atoms with van der Waals surface area (Å²) in [7, 11) is 0. The van der Waals surface area contributed by atoms with Crippen molar-refractivity contribution < 1.29 is 9.53 Å². The molecule has 1 aliphatic heterocycles. The summed E-state index contributed by atoms with van der Waals surface area (Å²) >= 11 is 5.93. The van der Waals surface area contributed by atoms with Gasteiger partial charge in [-0.25, -0.2) is 4.79 Å². The van der Waals surface area contributed by atoms with Crippen LogP contribution in [0.5, 0.6) is 0 Å². The molecule has 0 spiro atoms. The van der Waals surface area contributed by atoms with E-state index in [1.54, 1.807) is 12.1 Å². The fourth-order valence-corrected chi connectivity index (χ4v) is 1.95. The largest absolute Gasteiger partial charge is 0.456 e. The first-order valence-corrected chi connectivity index (χ1v) is 6.00. The first-order valence-electron chi connectivity index (χ1n) is 5.62. The van der Waals surface area contributed by atoms with E-state index < -0.39 is 0 Å². The molecule has 0 aromatic heterocycles. The van der Waals surface area contributed by atoms with Crippen molar-refractivity contribution in [2.45, 2.75) is 13.3 Å². The van der Waals surface area contributed by atoms with Gasteiger partial charge in [0, 0.05) is 11.6 Å². The number of ether oxygens (including phenoxy) is 1. The summed E-state index contributed by atoms with van der Waals surface area (Å²) < 4.78 is 5.05. The number of hydrogen-bond acceptors (Lipinski definition) is 3. The van der Waals surface area contributed by atoms with Gasteiger partial charge in [0.2, 0.25) is 0 Å². The number of rotatable bonds is 4. The third kappa shape index (κ3) is 2.61. The van der Waals surface area contributed by atoms with Crippen LogP contribution in [0.25, 0.3) is 5.57 Å². The van der Waals surface area contributed by atoms with E-state index in [1.807, 2.05) is 12.1 Å². The number of carbonyl (C=O) groups is 1. The monoisotopic (exact) mass is 251 g/mol. The lowest BCUT2D eigenvalue weighted by molar-refractivity contribution is -0.134. The highest BCUT2D eigenvalue weighted by atomic mass is 35.5. The molecule has 0 radical (unpaired) electrons. The number of carbonyl (C=O) groups excluding carboxylic acids is 1. The van der Waals surface area contributed by atoms with Gasteiger partial charge < -0.3 is 10.1 Å². The van der Waals surface area contributed by atoms with Crippen LogP contribution in [0.4, 0.5) is 0 Å². The predicted molar refractivity (Wildman–Crippen MR) is 67.6 cm³/mol. The molecule has 1 aliphatic rings. The SMILES string of the molecule is CCCNC1=C(c2cccc(Cl)c2)C(=O)OC1. The minimum Gasteiger partial charge on any atom is -0.456 e.